The molecule has 1 aromatic rings. The number of pyridine rings is 1. The van der Waals surface area contributed by atoms with Gasteiger partial charge in [0.05, 0.1) is 6.42 Å². The highest BCUT2D eigenvalue weighted by atomic mass is 19.3. The normalized spacial score (nSPS) is 10.8. The van der Waals surface area contributed by atoms with Crippen molar-refractivity contribution in [3.8, 4) is 0 Å². The van der Waals surface area contributed by atoms with Crippen LogP contribution in [0.15, 0.2) is 10.9 Å². The second-order valence-electron chi connectivity index (χ2n) is 3.12. The maximum Gasteiger partial charge on any atom is 0.309 e. The first-order chi connectivity index (χ1) is 7.45. The number of aromatic nitrogens is 1. The quantitative estimate of drug-likeness (QED) is 0.700. The van der Waals surface area contributed by atoms with Gasteiger partial charge in [0.15, 0.2) is 0 Å². The summed E-state index contributed by atoms with van der Waals surface area (Å²) in [7, 11) is 0. The number of hydrogen-bond donors (Lipinski definition) is 3. The van der Waals surface area contributed by atoms with Gasteiger partial charge >= 0.3 is 5.97 Å². The highest BCUT2D eigenvalue weighted by Gasteiger charge is 2.18. The van der Waals surface area contributed by atoms with E-state index < -0.39 is 29.9 Å². The highest BCUT2D eigenvalue weighted by Crippen LogP contribution is 2.22. The van der Waals surface area contributed by atoms with Crippen LogP contribution >= 0.6 is 0 Å². The van der Waals surface area contributed by atoms with Gasteiger partial charge in [0.2, 0.25) is 5.56 Å². The summed E-state index contributed by atoms with van der Waals surface area (Å²) in [5, 5.41) is 8.56. The van der Waals surface area contributed by atoms with Gasteiger partial charge in [0.25, 0.3) is 6.43 Å². The number of carbonyl (C=O) groups is 1. The van der Waals surface area contributed by atoms with Crippen LogP contribution in [0.3, 0.4) is 0 Å². The van der Waals surface area contributed by atoms with E-state index in [2.05, 4.69) is 4.98 Å². The lowest BCUT2D eigenvalue weighted by Crippen LogP contribution is -2.19. The monoisotopic (exact) mass is 232 g/mol. The van der Waals surface area contributed by atoms with Gasteiger partial charge in [-0.15, -0.1) is 0 Å². The SMILES string of the molecule is NCc1c(C(F)F)cc(=O)[nH]c1CC(=O)O. The van der Waals surface area contributed by atoms with Gasteiger partial charge in [0, 0.05) is 23.9 Å². The van der Waals surface area contributed by atoms with E-state index in [9.17, 15) is 18.4 Å². The van der Waals surface area contributed by atoms with Gasteiger partial charge in [-0.3, -0.25) is 9.59 Å². The molecule has 0 aliphatic rings. The Morgan fingerprint density at radius 2 is 2.19 bits per heavy atom. The van der Waals surface area contributed by atoms with Crippen molar-refractivity contribution in [2.75, 3.05) is 0 Å². The van der Waals surface area contributed by atoms with Crippen LogP contribution in [0.25, 0.3) is 0 Å². The van der Waals surface area contributed by atoms with Crippen LogP contribution in [0.2, 0.25) is 0 Å². The van der Waals surface area contributed by atoms with Crippen molar-refractivity contribution in [3.05, 3.63) is 33.2 Å². The molecule has 1 heterocycles. The van der Waals surface area contributed by atoms with Gasteiger partial charge < -0.3 is 15.8 Å². The van der Waals surface area contributed by atoms with Gasteiger partial charge in [-0.2, -0.15) is 0 Å². The summed E-state index contributed by atoms with van der Waals surface area (Å²) < 4.78 is 25.1. The maximum atomic E-state index is 12.6. The number of aromatic amines is 1. The average Bonchev–Trinajstić information content (AvgIpc) is 2.15. The molecule has 0 amide bonds. The van der Waals surface area contributed by atoms with Gasteiger partial charge in [-0.05, 0) is 5.56 Å². The summed E-state index contributed by atoms with van der Waals surface area (Å²) in [6, 6.07) is 0.734. The fraction of sp³-hybridized carbons (Fsp3) is 0.333. The third-order valence-electron chi connectivity index (χ3n) is 2.04. The summed E-state index contributed by atoms with van der Waals surface area (Å²) in [4.78, 5) is 23.7. The van der Waals surface area contributed by atoms with E-state index in [1.54, 1.807) is 0 Å². The Labute approximate surface area is 88.9 Å². The predicted octanol–water partition coefficient (Wildman–Crippen LogP) is 0.398. The van der Waals surface area contributed by atoms with E-state index in [1.807, 2.05) is 0 Å². The number of carboxylic acid groups (broad SMARTS) is 1. The van der Waals surface area contributed by atoms with Gasteiger partial charge in [0.1, 0.15) is 0 Å². The minimum atomic E-state index is -2.85. The molecule has 0 aromatic carbocycles. The zero-order valence-electron chi connectivity index (χ0n) is 8.17. The Bertz CT molecular complexity index is 457. The third-order valence-corrected chi connectivity index (χ3v) is 2.04. The first kappa shape index (κ1) is 12.3. The lowest BCUT2D eigenvalue weighted by Gasteiger charge is -2.10. The molecule has 0 fully saturated rings. The number of halogens is 2. The molecule has 0 aliphatic carbocycles. The smallest absolute Gasteiger partial charge is 0.309 e. The fourth-order valence-electron chi connectivity index (χ4n) is 1.40. The summed E-state index contributed by atoms with van der Waals surface area (Å²) in [6.07, 6.45) is -3.39. The number of hydrogen-bond acceptors (Lipinski definition) is 3. The molecule has 5 nitrogen and oxygen atoms in total. The largest absolute Gasteiger partial charge is 0.481 e. The molecule has 0 bridgehead atoms. The number of nitrogens with one attached hydrogen (secondary N) is 1. The Balaban J connectivity index is 3.35. The van der Waals surface area contributed by atoms with Crippen molar-refractivity contribution in [1.82, 2.24) is 4.98 Å². The van der Waals surface area contributed by atoms with E-state index in [4.69, 9.17) is 10.8 Å². The number of aliphatic carboxylic acids is 1. The van der Waals surface area contributed by atoms with Crippen molar-refractivity contribution in [1.29, 1.82) is 0 Å². The Morgan fingerprint density at radius 3 is 2.62 bits per heavy atom. The number of rotatable bonds is 4. The second kappa shape index (κ2) is 4.84. The molecule has 7 heteroatoms. The van der Waals surface area contributed by atoms with Crippen molar-refractivity contribution < 1.29 is 18.7 Å². The first-order valence-electron chi connectivity index (χ1n) is 4.40. The molecular weight excluding hydrogens is 222 g/mol. The molecule has 0 unspecified atom stereocenters. The molecule has 0 saturated carbocycles. The molecule has 1 aromatic heterocycles. The van der Waals surface area contributed by atoms with E-state index in [1.165, 1.54) is 0 Å². The Hall–Kier alpha value is -1.76. The van der Waals surface area contributed by atoms with Crippen LogP contribution in [0.1, 0.15) is 23.2 Å². The lowest BCUT2D eigenvalue weighted by atomic mass is 10.0. The van der Waals surface area contributed by atoms with E-state index in [-0.39, 0.29) is 17.8 Å². The summed E-state index contributed by atoms with van der Waals surface area (Å²) >= 11 is 0. The summed E-state index contributed by atoms with van der Waals surface area (Å²) in [6.45, 7) is -0.251. The molecule has 0 atom stereocenters. The summed E-state index contributed by atoms with van der Waals surface area (Å²) in [5.41, 5.74) is 3.91. The van der Waals surface area contributed by atoms with Crippen LogP contribution in [-0.4, -0.2) is 16.1 Å². The van der Waals surface area contributed by atoms with Crippen molar-refractivity contribution in [2.45, 2.75) is 19.4 Å². The number of alkyl halides is 2. The van der Waals surface area contributed by atoms with Gasteiger partial charge in [-0.1, -0.05) is 0 Å². The topological polar surface area (TPSA) is 96.2 Å². The van der Waals surface area contributed by atoms with E-state index in [0.717, 1.165) is 6.07 Å². The maximum absolute atomic E-state index is 12.6. The zero-order chi connectivity index (χ0) is 12.3. The average molecular weight is 232 g/mol. The van der Waals surface area contributed by atoms with Crippen LogP contribution in [0.5, 0.6) is 0 Å². The summed E-state index contributed by atoms with van der Waals surface area (Å²) in [5.74, 6) is -1.23. The molecule has 0 spiro atoms. The van der Waals surface area contributed by atoms with Gasteiger partial charge in [-0.25, -0.2) is 8.78 Å². The number of H-pyrrole nitrogens is 1. The molecular formula is C9H10F2N2O3. The molecule has 0 radical (unpaired) electrons. The van der Waals surface area contributed by atoms with Crippen LogP contribution in [0.4, 0.5) is 8.78 Å². The zero-order valence-corrected chi connectivity index (χ0v) is 8.17. The second-order valence-corrected chi connectivity index (χ2v) is 3.12. The van der Waals surface area contributed by atoms with E-state index in [0.29, 0.717) is 0 Å². The predicted molar refractivity (Wildman–Crippen MR) is 51.3 cm³/mol. The number of nitrogens with two attached hydrogens (primary N) is 1. The van der Waals surface area contributed by atoms with Crippen molar-refractivity contribution in [3.63, 3.8) is 0 Å². The van der Waals surface area contributed by atoms with E-state index >= 15 is 0 Å². The molecule has 0 saturated heterocycles. The van der Waals surface area contributed by atoms with Crippen LogP contribution < -0.4 is 11.3 Å². The van der Waals surface area contributed by atoms with Crippen LogP contribution in [-0.2, 0) is 17.8 Å². The third kappa shape index (κ3) is 2.63. The Kier molecular flexibility index (Phi) is 3.73. The van der Waals surface area contributed by atoms with Crippen molar-refractivity contribution >= 4 is 5.97 Å². The van der Waals surface area contributed by atoms with Crippen LogP contribution in [0, 0.1) is 0 Å². The minimum absolute atomic E-state index is 0.0167. The lowest BCUT2D eigenvalue weighted by molar-refractivity contribution is -0.136. The molecule has 1 rings (SSSR count). The fourth-order valence-corrected chi connectivity index (χ4v) is 1.40. The first-order valence-corrected chi connectivity index (χ1v) is 4.40. The minimum Gasteiger partial charge on any atom is -0.481 e. The molecule has 4 N–H and O–H groups in total. The number of carboxylic acids is 1. The molecule has 0 aliphatic heterocycles. The Morgan fingerprint density at radius 1 is 1.56 bits per heavy atom. The molecule has 88 valence electrons. The van der Waals surface area contributed by atoms with Crippen molar-refractivity contribution in [2.24, 2.45) is 5.73 Å². The highest BCUT2D eigenvalue weighted by molar-refractivity contribution is 5.70. The standard InChI is InChI=1S/C9H10F2N2O3/c10-9(11)4-1-7(14)13-6(2-8(15)16)5(4)3-12/h1,9H,2-3,12H2,(H,13,14)(H,15,16). The molecule has 16 heavy (non-hydrogen) atoms.